The second-order valence-corrected chi connectivity index (χ2v) is 6.09. The van der Waals surface area contributed by atoms with E-state index in [9.17, 15) is 5.26 Å². The Kier molecular flexibility index (Phi) is 4.14. The number of benzene rings is 2. The van der Waals surface area contributed by atoms with Crippen LogP contribution >= 0.6 is 0 Å². The van der Waals surface area contributed by atoms with Crippen LogP contribution in [0, 0.1) is 11.3 Å². The molecule has 2 N–H and O–H groups in total. The van der Waals surface area contributed by atoms with Crippen molar-refractivity contribution in [2.24, 2.45) is 5.73 Å². The summed E-state index contributed by atoms with van der Waals surface area (Å²) in [5.41, 5.74) is 10.3. The third-order valence-corrected chi connectivity index (χ3v) is 3.51. The molecule has 0 aromatic heterocycles. The van der Waals surface area contributed by atoms with Gasteiger partial charge in [-0.1, -0.05) is 75.4 Å². The van der Waals surface area contributed by atoms with E-state index in [4.69, 9.17) is 5.73 Å². The summed E-state index contributed by atoms with van der Waals surface area (Å²) < 4.78 is 0. The second-order valence-electron chi connectivity index (χ2n) is 6.09. The molecule has 0 aliphatic heterocycles. The number of hydrogen-bond donors (Lipinski definition) is 1. The fourth-order valence-electron chi connectivity index (χ4n) is 2.18. The van der Waals surface area contributed by atoms with Gasteiger partial charge in [-0.15, -0.1) is 0 Å². The lowest BCUT2D eigenvalue weighted by atomic mass is 9.86. The molecule has 0 aliphatic rings. The highest BCUT2D eigenvalue weighted by Crippen LogP contribution is 2.26. The van der Waals surface area contributed by atoms with Crippen molar-refractivity contribution in [2.75, 3.05) is 0 Å². The van der Waals surface area contributed by atoms with Crippen LogP contribution in [0.1, 0.15) is 37.5 Å². The first-order valence-electron chi connectivity index (χ1n) is 6.99. The van der Waals surface area contributed by atoms with Crippen molar-refractivity contribution < 1.29 is 0 Å². The number of allylic oxidation sites excluding steroid dienone is 1. The van der Waals surface area contributed by atoms with Crippen molar-refractivity contribution in [3.63, 3.8) is 0 Å². The Hall–Kier alpha value is -2.53. The standard InChI is InChI=1S/C19H20N2/c1-19(2,3)16-11-9-15(10-12-16)18(21)17(13-20)14-7-5-4-6-8-14/h4-12H,21H2,1-3H3/b18-17+. The molecular formula is C19H20N2. The van der Waals surface area contributed by atoms with E-state index in [1.54, 1.807) is 0 Å². The van der Waals surface area contributed by atoms with Crippen LogP contribution in [0.3, 0.4) is 0 Å². The average molecular weight is 276 g/mol. The van der Waals surface area contributed by atoms with E-state index in [1.807, 2.05) is 42.5 Å². The Morgan fingerprint density at radius 1 is 0.905 bits per heavy atom. The van der Waals surface area contributed by atoms with Gasteiger partial charge in [0.2, 0.25) is 0 Å². The van der Waals surface area contributed by atoms with E-state index < -0.39 is 0 Å². The number of nitrogens with zero attached hydrogens (tertiary/aromatic N) is 1. The van der Waals surface area contributed by atoms with Crippen molar-refractivity contribution >= 4 is 11.3 Å². The summed E-state index contributed by atoms with van der Waals surface area (Å²) in [6.07, 6.45) is 0. The van der Waals surface area contributed by atoms with Crippen LogP contribution in [0.25, 0.3) is 11.3 Å². The van der Waals surface area contributed by atoms with Crippen molar-refractivity contribution in [2.45, 2.75) is 26.2 Å². The maximum absolute atomic E-state index is 9.41. The van der Waals surface area contributed by atoms with Crippen molar-refractivity contribution in [3.05, 3.63) is 71.3 Å². The minimum Gasteiger partial charge on any atom is -0.397 e. The Balaban J connectivity index is 2.45. The zero-order valence-electron chi connectivity index (χ0n) is 12.7. The predicted molar refractivity (Wildman–Crippen MR) is 88.2 cm³/mol. The maximum atomic E-state index is 9.41. The first-order valence-corrected chi connectivity index (χ1v) is 6.99. The third-order valence-electron chi connectivity index (χ3n) is 3.51. The molecular weight excluding hydrogens is 256 g/mol. The largest absolute Gasteiger partial charge is 0.397 e. The molecule has 0 saturated carbocycles. The van der Waals surface area contributed by atoms with Gasteiger partial charge < -0.3 is 5.73 Å². The minimum absolute atomic E-state index is 0.106. The summed E-state index contributed by atoms with van der Waals surface area (Å²) in [6.45, 7) is 6.52. The fraction of sp³-hybridized carbons (Fsp3) is 0.211. The summed E-state index contributed by atoms with van der Waals surface area (Å²) in [5, 5.41) is 9.41. The molecule has 2 aromatic rings. The topological polar surface area (TPSA) is 49.8 Å². The molecule has 21 heavy (non-hydrogen) atoms. The zero-order chi connectivity index (χ0) is 15.5. The molecule has 0 atom stereocenters. The molecule has 106 valence electrons. The van der Waals surface area contributed by atoms with Gasteiger partial charge in [-0.05, 0) is 22.1 Å². The van der Waals surface area contributed by atoms with Gasteiger partial charge in [-0.25, -0.2) is 0 Å². The molecule has 0 fully saturated rings. The molecule has 0 heterocycles. The molecule has 0 radical (unpaired) electrons. The van der Waals surface area contributed by atoms with E-state index in [1.165, 1.54) is 5.56 Å². The second kappa shape index (κ2) is 5.85. The van der Waals surface area contributed by atoms with Crippen molar-refractivity contribution in [3.8, 4) is 6.07 Å². The molecule has 0 aliphatic carbocycles. The van der Waals surface area contributed by atoms with E-state index in [0.29, 0.717) is 11.3 Å². The number of hydrogen-bond acceptors (Lipinski definition) is 2. The summed E-state index contributed by atoms with van der Waals surface area (Å²) in [6, 6.07) is 19.9. The van der Waals surface area contributed by atoms with Crippen LogP contribution in [-0.2, 0) is 5.41 Å². The summed E-state index contributed by atoms with van der Waals surface area (Å²) in [7, 11) is 0. The summed E-state index contributed by atoms with van der Waals surface area (Å²) >= 11 is 0. The molecule has 2 heteroatoms. The highest BCUT2D eigenvalue weighted by atomic mass is 14.6. The number of nitrogens with two attached hydrogens (primary N) is 1. The van der Waals surface area contributed by atoms with E-state index >= 15 is 0 Å². The van der Waals surface area contributed by atoms with Gasteiger partial charge in [0.05, 0.1) is 11.3 Å². The van der Waals surface area contributed by atoms with Gasteiger partial charge in [0.1, 0.15) is 6.07 Å². The molecule has 0 spiro atoms. The quantitative estimate of drug-likeness (QED) is 0.655. The normalized spacial score (nSPS) is 12.5. The SMILES string of the molecule is CC(C)(C)c1ccc(/C(N)=C(/C#N)c2ccccc2)cc1. The lowest BCUT2D eigenvalue weighted by molar-refractivity contribution is 0.590. The lowest BCUT2D eigenvalue weighted by Gasteiger charge is -2.19. The monoisotopic (exact) mass is 276 g/mol. The minimum atomic E-state index is 0.106. The van der Waals surface area contributed by atoms with Crippen LogP contribution in [0.5, 0.6) is 0 Å². The van der Waals surface area contributed by atoms with Gasteiger partial charge in [0, 0.05) is 0 Å². The van der Waals surface area contributed by atoms with Crippen molar-refractivity contribution in [1.82, 2.24) is 0 Å². The number of nitriles is 1. The highest BCUT2D eigenvalue weighted by molar-refractivity contribution is 5.95. The third kappa shape index (κ3) is 3.32. The van der Waals surface area contributed by atoms with E-state index in [2.05, 4.69) is 39.0 Å². The molecule has 0 unspecified atom stereocenters. The summed E-state index contributed by atoms with van der Waals surface area (Å²) in [5.74, 6) is 0. The molecule has 0 saturated heterocycles. The van der Waals surface area contributed by atoms with E-state index in [0.717, 1.165) is 11.1 Å². The molecule has 0 amide bonds. The van der Waals surface area contributed by atoms with E-state index in [-0.39, 0.29) is 5.41 Å². The number of rotatable bonds is 2. The Morgan fingerprint density at radius 3 is 1.95 bits per heavy atom. The van der Waals surface area contributed by atoms with Gasteiger partial charge >= 0.3 is 0 Å². The smallest absolute Gasteiger partial charge is 0.102 e. The van der Waals surface area contributed by atoms with Gasteiger partial charge in [-0.2, -0.15) is 5.26 Å². The lowest BCUT2D eigenvalue weighted by Crippen LogP contribution is -2.11. The van der Waals surface area contributed by atoms with Gasteiger partial charge in [-0.3, -0.25) is 0 Å². The average Bonchev–Trinajstić information content (AvgIpc) is 2.48. The van der Waals surface area contributed by atoms with Crippen LogP contribution < -0.4 is 5.73 Å². The summed E-state index contributed by atoms with van der Waals surface area (Å²) in [4.78, 5) is 0. The first-order chi connectivity index (χ1) is 9.93. The van der Waals surface area contributed by atoms with Gasteiger partial charge in [0.15, 0.2) is 0 Å². The fourth-order valence-corrected chi connectivity index (χ4v) is 2.18. The Morgan fingerprint density at radius 2 is 1.48 bits per heavy atom. The van der Waals surface area contributed by atoms with Crippen LogP contribution in [0.15, 0.2) is 54.6 Å². The Bertz CT molecular complexity index is 681. The van der Waals surface area contributed by atoms with Crippen molar-refractivity contribution in [1.29, 1.82) is 5.26 Å². The maximum Gasteiger partial charge on any atom is 0.102 e. The van der Waals surface area contributed by atoms with Crippen LogP contribution in [0.2, 0.25) is 0 Å². The highest BCUT2D eigenvalue weighted by Gasteiger charge is 2.14. The molecule has 2 nitrogen and oxygen atoms in total. The first kappa shape index (κ1) is 14.9. The predicted octanol–water partition coefficient (Wildman–Crippen LogP) is 4.33. The molecule has 2 aromatic carbocycles. The van der Waals surface area contributed by atoms with Crippen LogP contribution in [-0.4, -0.2) is 0 Å². The van der Waals surface area contributed by atoms with Crippen LogP contribution in [0.4, 0.5) is 0 Å². The molecule has 0 bridgehead atoms. The Labute approximate surface area is 126 Å². The molecule has 2 rings (SSSR count). The van der Waals surface area contributed by atoms with Gasteiger partial charge in [0.25, 0.3) is 0 Å². The zero-order valence-corrected chi connectivity index (χ0v) is 12.7.